The average Bonchev–Trinajstić information content (AvgIpc) is 3.24. The Labute approximate surface area is 182 Å². The van der Waals surface area contributed by atoms with Gasteiger partial charge in [-0.3, -0.25) is 4.79 Å². The summed E-state index contributed by atoms with van der Waals surface area (Å²) in [5.41, 5.74) is 0.359. The van der Waals surface area contributed by atoms with Crippen LogP contribution in [0.1, 0.15) is 35.1 Å². The fraction of sp³-hybridized carbons (Fsp3) is 0.524. The van der Waals surface area contributed by atoms with Crippen LogP contribution in [0.5, 0.6) is 0 Å². The van der Waals surface area contributed by atoms with E-state index in [2.05, 4.69) is 4.98 Å². The Morgan fingerprint density at radius 2 is 1.90 bits per heavy atom. The summed E-state index contributed by atoms with van der Waals surface area (Å²) in [6, 6.07) is 6.24. The van der Waals surface area contributed by atoms with Crippen molar-refractivity contribution < 1.29 is 23.1 Å². The van der Waals surface area contributed by atoms with E-state index in [4.69, 9.17) is 4.74 Å². The number of nitrogens with zero attached hydrogens (tertiary/aromatic N) is 4. The number of morpholine rings is 1. The number of carbonyl (C=O) groups excluding carboxylic acids is 1. The molecular weight excluding hydrogens is 420 g/mol. The van der Waals surface area contributed by atoms with Gasteiger partial charge in [0.15, 0.2) is 0 Å². The maximum absolute atomic E-state index is 13.0. The number of ether oxygens (including phenoxy) is 1. The molecule has 1 aromatic carbocycles. The normalized spacial score (nSPS) is 20.0. The second kappa shape index (κ2) is 9.07. The van der Waals surface area contributed by atoms with E-state index >= 15 is 0 Å². The quantitative estimate of drug-likeness (QED) is 0.733. The summed E-state index contributed by atoms with van der Waals surface area (Å²) >= 11 is 0. The predicted octanol–water partition coefficient (Wildman–Crippen LogP) is 1.03. The Morgan fingerprint density at radius 1 is 1.19 bits per heavy atom. The summed E-state index contributed by atoms with van der Waals surface area (Å²) in [4.78, 5) is 19.1. The molecule has 0 saturated carbocycles. The molecule has 2 saturated heterocycles. The van der Waals surface area contributed by atoms with Crippen molar-refractivity contribution in [3.05, 3.63) is 48.0 Å². The molecule has 0 spiro atoms. The standard InChI is InChI=1S/C21H28N4O5S/c1-23-10-7-22-20(23)19(26)16-5-8-24(9-6-16)21(27)17-3-2-4-18(15-17)31(28,29)25-11-13-30-14-12-25/h2-4,7,10,15-16,19,26H,5-6,8-9,11-14H2,1H3. The van der Waals surface area contributed by atoms with E-state index in [1.54, 1.807) is 29.4 Å². The number of aromatic nitrogens is 2. The van der Waals surface area contributed by atoms with Gasteiger partial charge in [0.05, 0.1) is 18.1 Å². The number of sulfonamides is 1. The minimum absolute atomic E-state index is 0.0261. The minimum Gasteiger partial charge on any atom is -0.385 e. The zero-order chi connectivity index (χ0) is 22.0. The summed E-state index contributed by atoms with van der Waals surface area (Å²) in [6.45, 7) is 2.38. The monoisotopic (exact) mass is 448 g/mol. The number of hydrogen-bond acceptors (Lipinski definition) is 6. The molecule has 1 amide bonds. The van der Waals surface area contributed by atoms with Crippen LogP contribution in [0.3, 0.4) is 0 Å². The average molecular weight is 449 g/mol. The molecule has 2 aliphatic heterocycles. The van der Waals surface area contributed by atoms with Crippen molar-refractivity contribution in [2.45, 2.75) is 23.8 Å². The van der Waals surface area contributed by atoms with Crippen LogP contribution in [-0.2, 0) is 21.8 Å². The van der Waals surface area contributed by atoms with Gasteiger partial charge < -0.3 is 19.3 Å². The number of amides is 1. The van der Waals surface area contributed by atoms with Crippen LogP contribution >= 0.6 is 0 Å². The van der Waals surface area contributed by atoms with Gasteiger partial charge in [-0.15, -0.1) is 0 Å². The molecular formula is C21H28N4O5S. The molecule has 4 rings (SSSR count). The van der Waals surface area contributed by atoms with Crippen LogP contribution in [0.2, 0.25) is 0 Å². The summed E-state index contributed by atoms with van der Waals surface area (Å²) in [5.74, 6) is 0.466. The van der Waals surface area contributed by atoms with Crippen LogP contribution < -0.4 is 0 Å². The van der Waals surface area contributed by atoms with Gasteiger partial charge in [0.25, 0.3) is 5.91 Å². The molecule has 0 aliphatic carbocycles. The van der Waals surface area contributed by atoms with Gasteiger partial charge in [-0.05, 0) is 37.0 Å². The lowest BCUT2D eigenvalue weighted by Crippen LogP contribution is -2.41. The molecule has 2 fully saturated rings. The molecule has 1 atom stereocenters. The number of benzene rings is 1. The maximum Gasteiger partial charge on any atom is 0.253 e. The fourth-order valence-corrected chi connectivity index (χ4v) is 5.65. The number of aryl methyl sites for hydroxylation is 1. The molecule has 2 aromatic rings. The van der Waals surface area contributed by atoms with Crippen molar-refractivity contribution in [2.75, 3.05) is 39.4 Å². The molecule has 31 heavy (non-hydrogen) atoms. The number of hydrogen-bond donors (Lipinski definition) is 1. The van der Waals surface area contributed by atoms with Crippen molar-refractivity contribution in [2.24, 2.45) is 13.0 Å². The van der Waals surface area contributed by atoms with E-state index in [0.29, 0.717) is 63.6 Å². The number of aliphatic hydroxyl groups is 1. The van der Waals surface area contributed by atoms with E-state index in [1.807, 2.05) is 11.6 Å². The molecule has 1 N–H and O–H groups in total. The molecule has 0 bridgehead atoms. The van der Waals surface area contributed by atoms with Crippen molar-refractivity contribution in [3.8, 4) is 0 Å². The Morgan fingerprint density at radius 3 is 2.55 bits per heavy atom. The zero-order valence-corrected chi connectivity index (χ0v) is 18.4. The summed E-state index contributed by atoms with van der Waals surface area (Å²) in [6.07, 6.45) is 4.11. The maximum atomic E-state index is 13.0. The van der Waals surface area contributed by atoms with Crippen LogP contribution in [0.4, 0.5) is 0 Å². The minimum atomic E-state index is -3.66. The van der Waals surface area contributed by atoms with Gasteiger partial charge in [-0.2, -0.15) is 4.31 Å². The highest BCUT2D eigenvalue weighted by atomic mass is 32.2. The summed E-state index contributed by atoms with van der Waals surface area (Å²) < 4.78 is 34.3. The second-order valence-electron chi connectivity index (χ2n) is 8.02. The lowest BCUT2D eigenvalue weighted by atomic mass is 9.90. The molecule has 10 heteroatoms. The van der Waals surface area contributed by atoms with Gasteiger partial charge in [0, 0.05) is 51.2 Å². The first-order valence-electron chi connectivity index (χ1n) is 10.5. The lowest BCUT2D eigenvalue weighted by molar-refractivity contribution is 0.0420. The molecule has 1 aromatic heterocycles. The predicted molar refractivity (Wildman–Crippen MR) is 113 cm³/mol. The number of rotatable bonds is 5. The van der Waals surface area contributed by atoms with Crippen molar-refractivity contribution in [3.63, 3.8) is 0 Å². The smallest absolute Gasteiger partial charge is 0.253 e. The van der Waals surface area contributed by atoms with Crippen LogP contribution in [-0.4, -0.2) is 77.6 Å². The van der Waals surface area contributed by atoms with Crippen LogP contribution in [0.25, 0.3) is 0 Å². The molecule has 3 heterocycles. The summed E-state index contributed by atoms with van der Waals surface area (Å²) in [5, 5.41) is 10.6. The highest BCUT2D eigenvalue weighted by molar-refractivity contribution is 7.89. The SMILES string of the molecule is Cn1ccnc1C(O)C1CCN(C(=O)c2cccc(S(=O)(=O)N3CCOCC3)c2)CC1. The van der Waals surface area contributed by atoms with E-state index < -0.39 is 16.1 Å². The molecule has 1 unspecified atom stereocenters. The molecule has 168 valence electrons. The van der Waals surface area contributed by atoms with Crippen LogP contribution in [0, 0.1) is 5.92 Å². The van der Waals surface area contributed by atoms with Crippen molar-refractivity contribution in [1.82, 2.24) is 18.8 Å². The number of imidazole rings is 1. The topological polar surface area (TPSA) is 105 Å². The Kier molecular flexibility index (Phi) is 6.42. The Balaban J connectivity index is 1.42. The largest absolute Gasteiger partial charge is 0.385 e. The zero-order valence-electron chi connectivity index (χ0n) is 17.6. The van der Waals surface area contributed by atoms with E-state index in [9.17, 15) is 18.3 Å². The van der Waals surface area contributed by atoms with Crippen LogP contribution in [0.15, 0.2) is 41.6 Å². The highest BCUT2D eigenvalue weighted by Gasteiger charge is 2.31. The number of aliphatic hydroxyl groups excluding tert-OH is 1. The first-order chi connectivity index (χ1) is 14.9. The van der Waals surface area contributed by atoms with Gasteiger partial charge in [-0.1, -0.05) is 6.07 Å². The summed E-state index contributed by atoms with van der Waals surface area (Å²) in [7, 11) is -1.81. The highest BCUT2D eigenvalue weighted by Crippen LogP contribution is 2.30. The number of carbonyl (C=O) groups is 1. The van der Waals surface area contributed by atoms with E-state index in [1.165, 1.54) is 16.4 Å². The number of piperidine rings is 1. The van der Waals surface area contributed by atoms with E-state index in [-0.39, 0.29) is 16.7 Å². The van der Waals surface area contributed by atoms with E-state index in [0.717, 1.165) is 0 Å². The Hall–Kier alpha value is -2.27. The third-order valence-electron chi connectivity index (χ3n) is 6.09. The molecule has 0 radical (unpaired) electrons. The van der Waals surface area contributed by atoms with Crippen molar-refractivity contribution in [1.29, 1.82) is 0 Å². The third-order valence-corrected chi connectivity index (χ3v) is 7.98. The van der Waals surface area contributed by atoms with Gasteiger partial charge in [0.2, 0.25) is 10.0 Å². The first kappa shape index (κ1) is 21.9. The van der Waals surface area contributed by atoms with Gasteiger partial charge >= 0.3 is 0 Å². The van der Waals surface area contributed by atoms with Crippen molar-refractivity contribution >= 4 is 15.9 Å². The fourth-order valence-electron chi connectivity index (χ4n) is 4.20. The third kappa shape index (κ3) is 4.52. The molecule has 2 aliphatic rings. The van der Waals surface area contributed by atoms with Gasteiger partial charge in [-0.25, -0.2) is 13.4 Å². The first-order valence-corrected chi connectivity index (χ1v) is 11.9. The Bertz CT molecular complexity index is 1020. The number of likely N-dealkylation sites (tertiary alicyclic amines) is 1. The second-order valence-corrected chi connectivity index (χ2v) is 9.95. The van der Waals surface area contributed by atoms with Gasteiger partial charge in [0.1, 0.15) is 11.9 Å². The molecule has 9 nitrogen and oxygen atoms in total. The lowest BCUT2D eigenvalue weighted by Gasteiger charge is -2.34.